The molecule has 1 atom stereocenters. The average Bonchev–Trinajstić information content (AvgIpc) is 3.33. The Morgan fingerprint density at radius 3 is 2.91 bits per heavy atom. The van der Waals surface area contributed by atoms with Gasteiger partial charge in [0.2, 0.25) is 5.65 Å². The minimum Gasteiger partial charge on any atom is -0.376 e. The zero-order chi connectivity index (χ0) is 15.6. The van der Waals surface area contributed by atoms with E-state index in [1.165, 1.54) is 12.8 Å². The average molecular weight is 315 g/mol. The van der Waals surface area contributed by atoms with Crippen molar-refractivity contribution in [2.45, 2.75) is 50.7 Å². The molecule has 1 N–H and O–H groups in total. The molecule has 4 rings (SSSR count). The van der Waals surface area contributed by atoms with Crippen LogP contribution in [-0.2, 0) is 4.74 Å². The second-order valence-electron chi connectivity index (χ2n) is 6.42. The van der Waals surface area contributed by atoms with Gasteiger partial charge in [-0.1, -0.05) is 12.8 Å². The molecular formula is C16H21N5O2. The minimum absolute atomic E-state index is 0.0322. The highest BCUT2D eigenvalue weighted by molar-refractivity contribution is 5.96. The summed E-state index contributed by atoms with van der Waals surface area (Å²) in [6.07, 6.45) is 8.45. The molecule has 3 heterocycles. The lowest BCUT2D eigenvalue weighted by molar-refractivity contribution is 0.0420. The van der Waals surface area contributed by atoms with Crippen molar-refractivity contribution in [3.8, 4) is 0 Å². The zero-order valence-corrected chi connectivity index (χ0v) is 13.1. The van der Waals surface area contributed by atoms with Crippen LogP contribution in [0.1, 0.15) is 48.9 Å². The molecule has 7 heteroatoms. The van der Waals surface area contributed by atoms with Crippen molar-refractivity contribution < 1.29 is 9.53 Å². The van der Waals surface area contributed by atoms with Crippen LogP contribution in [0.2, 0.25) is 0 Å². The number of hydrogen-bond acceptors (Lipinski definition) is 5. The number of carbonyl (C=O) groups is 1. The highest BCUT2D eigenvalue weighted by Crippen LogP contribution is 2.27. The van der Waals surface area contributed by atoms with E-state index in [1.807, 2.05) is 4.90 Å². The smallest absolute Gasteiger partial charge is 0.255 e. The van der Waals surface area contributed by atoms with Crippen LogP contribution in [0, 0.1) is 0 Å². The van der Waals surface area contributed by atoms with Crippen molar-refractivity contribution in [3.63, 3.8) is 0 Å². The number of aromatic nitrogens is 4. The molecule has 1 amide bonds. The first-order valence-corrected chi connectivity index (χ1v) is 8.40. The standard InChI is InChI=1S/C16H21N5O2/c22-16(11-8-14-15(17-9-11)19-20-18-14)21(12-4-1-2-5-12)10-13-6-3-7-23-13/h8-9,12-13H,1-7,10H2,(H,17,18,19,20). The number of aromatic amines is 1. The van der Waals surface area contributed by atoms with Gasteiger partial charge in [-0.05, 0) is 31.7 Å². The summed E-state index contributed by atoms with van der Waals surface area (Å²) in [6.45, 7) is 1.49. The van der Waals surface area contributed by atoms with Crippen molar-refractivity contribution in [1.82, 2.24) is 25.3 Å². The zero-order valence-electron chi connectivity index (χ0n) is 13.1. The Kier molecular flexibility index (Phi) is 3.95. The summed E-state index contributed by atoms with van der Waals surface area (Å²) >= 11 is 0. The van der Waals surface area contributed by atoms with Gasteiger partial charge < -0.3 is 9.64 Å². The Balaban J connectivity index is 1.59. The van der Waals surface area contributed by atoms with Gasteiger partial charge in [0.15, 0.2) is 0 Å². The number of pyridine rings is 1. The lowest BCUT2D eigenvalue weighted by atomic mass is 10.1. The monoisotopic (exact) mass is 315 g/mol. The first kappa shape index (κ1) is 14.6. The number of fused-ring (bicyclic) bond motifs is 1. The fourth-order valence-corrected chi connectivity index (χ4v) is 3.64. The number of hydrogen-bond donors (Lipinski definition) is 1. The van der Waals surface area contributed by atoms with Crippen LogP contribution in [-0.4, -0.2) is 56.5 Å². The van der Waals surface area contributed by atoms with Crippen molar-refractivity contribution in [2.24, 2.45) is 0 Å². The summed E-state index contributed by atoms with van der Waals surface area (Å²) in [5.41, 5.74) is 1.74. The van der Waals surface area contributed by atoms with E-state index >= 15 is 0 Å². The first-order chi connectivity index (χ1) is 11.3. The van der Waals surface area contributed by atoms with Gasteiger partial charge in [-0.15, -0.1) is 5.10 Å². The van der Waals surface area contributed by atoms with Crippen LogP contribution in [0.25, 0.3) is 11.2 Å². The summed E-state index contributed by atoms with van der Waals surface area (Å²) in [5.74, 6) is 0.0322. The number of ether oxygens (including phenoxy) is 1. The summed E-state index contributed by atoms with van der Waals surface area (Å²) in [5, 5.41) is 10.5. The van der Waals surface area contributed by atoms with E-state index in [0.717, 1.165) is 32.3 Å². The van der Waals surface area contributed by atoms with E-state index in [9.17, 15) is 4.79 Å². The SMILES string of the molecule is O=C(c1cnc2n[nH]nc2c1)N(CC1CCCO1)C1CCCC1. The molecule has 2 aromatic heterocycles. The second-order valence-corrected chi connectivity index (χ2v) is 6.42. The second kappa shape index (κ2) is 6.23. The van der Waals surface area contributed by atoms with Crippen molar-refractivity contribution in [2.75, 3.05) is 13.2 Å². The molecule has 1 aliphatic heterocycles. The van der Waals surface area contributed by atoms with Crippen LogP contribution >= 0.6 is 0 Å². The van der Waals surface area contributed by atoms with Crippen molar-refractivity contribution >= 4 is 17.1 Å². The summed E-state index contributed by atoms with van der Waals surface area (Å²) in [6, 6.07) is 2.09. The van der Waals surface area contributed by atoms with Crippen molar-refractivity contribution in [1.29, 1.82) is 0 Å². The number of rotatable bonds is 4. The summed E-state index contributed by atoms with van der Waals surface area (Å²) in [7, 11) is 0. The molecule has 2 fully saturated rings. The third-order valence-corrected chi connectivity index (χ3v) is 4.87. The number of H-pyrrole nitrogens is 1. The molecule has 23 heavy (non-hydrogen) atoms. The number of carbonyl (C=O) groups excluding carboxylic acids is 1. The molecule has 2 aliphatic rings. The molecule has 1 saturated heterocycles. The molecular weight excluding hydrogens is 294 g/mol. The van der Waals surface area contributed by atoms with Gasteiger partial charge in [-0.2, -0.15) is 10.3 Å². The van der Waals surface area contributed by atoms with Gasteiger partial charge in [0.1, 0.15) is 5.52 Å². The molecule has 0 spiro atoms. The van der Waals surface area contributed by atoms with E-state index in [2.05, 4.69) is 20.4 Å². The molecule has 1 aliphatic carbocycles. The van der Waals surface area contributed by atoms with Gasteiger partial charge in [0, 0.05) is 25.4 Å². The Bertz CT molecular complexity index is 689. The van der Waals surface area contributed by atoms with Crippen molar-refractivity contribution in [3.05, 3.63) is 17.8 Å². The van der Waals surface area contributed by atoms with E-state index in [0.29, 0.717) is 29.3 Å². The molecule has 7 nitrogen and oxygen atoms in total. The quantitative estimate of drug-likeness (QED) is 0.932. The van der Waals surface area contributed by atoms with Crippen LogP contribution in [0.3, 0.4) is 0 Å². The highest BCUT2D eigenvalue weighted by atomic mass is 16.5. The Morgan fingerprint density at radius 2 is 2.13 bits per heavy atom. The maximum absolute atomic E-state index is 13.1. The van der Waals surface area contributed by atoms with Crippen LogP contribution in [0.4, 0.5) is 0 Å². The fourth-order valence-electron chi connectivity index (χ4n) is 3.64. The Hall–Kier alpha value is -2.02. The van der Waals surface area contributed by atoms with Gasteiger partial charge in [-0.3, -0.25) is 4.79 Å². The van der Waals surface area contributed by atoms with E-state index in [-0.39, 0.29) is 12.0 Å². The van der Waals surface area contributed by atoms with E-state index in [1.54, 1.807) is 12.3 Å². The molecule has 0 aromatic carbocycles. The summed E-state index contributed by atoms with van der Waals surface area (Å²) < 4.78 is 5.75. The normalized spacial score (nSPS) is 22.0. The lowest BCUT2D eigenvalue weighted by Crippen LogP contribution is -2.43. The highest BCUT2D eigenvalue weighted by Gasteiger charge is 2.31. The third-order valence-electron chi connectivity index (χ3n) is 4.87. The van der Waals surface area contributed by atoms with Crippen LogP contribution in [0.5, 0.6) is 0 Å². The topological polar surface area (TPSA) is 84.0 Å². The van der Waals surface area contributed by atoms with Gasteiger partial charge in [-0.25, -0.2) is 4.98 Å². The predicted molar refractivity (Wildman–Crippen MR) is 84.0 cm³/mol. The van der Waals surface area contributed by atoms with E-state index < -0.39 is 0 Å². The Morgan fingerprint density at radius 1 is 1.26 bits per heavy atom. The molecule has 122 valence electrons. The molecule has 1 unspecified atom stereocenters. The largest absolute Gasteiger partial charge is 0.376 e. The Labute approximate surface area is 134 Å². The maximum atomic E-state index is 13.1. The number of nitrogens with one attached hydrogen (secondary N) is 1. The van der Waals surface area contributed by atoms with Gasteiger partial charge in [0.25, 0.3) is 5.91 Å². The van der Waals surface area contributed by atoms with E-state index in [4.69, 9.17) is 4.74 Å². The van der Waals surface area contributed by atoms with Gasteiger partial charge >= 0.3 is 0 Å². The summed E-state index contributed by atoms with van der Waals surface area (Å²) in [4.78, 5) is 19.3. The lowest BCUT2D eigenvalue weighted by Gasteiger charge is -2.31. The first-order valence-electron chi connectivity index (χ1n) is 8.40. The number of nitrogens with zero attached hydrogens (tertiary/aromatic N) is 4. The maximum Gasteiger partial charge on any atom is 0.255 e. The predicted octanol–water partition coefficient (Wildman–Crippen LogP) is 1.92. The molecule has 2 aromatic rings. The molecule has 1 saturated carbocycles. The van der Waals surface area contributed by atoms with Crippen LogP contribution in [0.15, 0.2) is 12.3 Å². The fraction of sp³-hybridized carbons (Fsp3) is 0.625. The number of amides is 1. The third kappa shape index (κ3) is 2.93. The minimum atomic E-state index is 0.0322. The molecule has 0 radical (unpaired) electrons. The molecule has 0 bridgehead atoms. The van der Waals surface area contributed by atoms with Crippen LogP contribution < -0.4 is 0 Å². The van der Waals surface area contributed by atoms with Gasteiger partial charge in [0.05, 0.1) is 11.7 Å².